The Bertz CT molecular complexity index is 567. The summed E-state index contributed by atoms with van der Waals surface area (Å²) in [5.41, 5.74) is 1.90. The lowest BCUT2D eigenvalue weighted by molar-refractivity contribution is -0.128. The highest BCUT2D eigenvalue weighted by atomic mass is 16.5. The first-order chi connectivity index (χ1) is 10.7. The van der Waals surface area contributed by atoms with Gasteiger partial charge in [0.1, 0.15) is 5.76 Å². The van der Waals surface area contributed by atoms with Gasteiger partial charge in [-0.3, -0.25) is 9.59 Å². The monoisotopic (exact) mass is 321 g/mol. The Kier molecular flexibility index (Phi) is 5.12. The van der Waals surface area contributed by atoms with Gasteiger partial charge in [-0.2, -0.15) is 0 Å². The molecular formula is C17H27N3O3. The molecule has 0 spiro atoms. The Morgan fingerprint density at radius 1 is 1.39 bits per heavy atom. The fourth-order valence-corrected chi connectivity index (χ4v) is 2.99. The van der Waals surface area contributed by atoms with E-state index in [0.29, 0.717) is 25.8 Å². The van der Waals surface area contributed by atoms with Crippen LogP contribution in [-0.2, 0) is 16.0 Å². The van der Waals surface area contributed by atoms with Gasteiger partial charge in [-0.25, -0.2) is 0 Å². The van der Waals surface area contributed by atoms with Crippen LogP contribution in [0.4, 0.5) is 0 Å². The second-order valence-corrected chi connectivity index (χ2v) is 7.61. The molecule has 1 fully saturated rings. The summed E-state index contributed by atoms with van der Waals surface area (Å²) in [6, 6.07) is -0.0815. The molecule has 0 saturated carbocycles. The Morgan fingerprint density at radius 3 is 2.65 bits per heavy atom. The predicted octanol–water partition coefficient (Wildman–Crippen LogP) is 1.99. The lowest BCUT2D eigenvalue weighted by atomic mass is 9.96. The molecule has 6 heteroatoms. The molecule has 1 aliphatic rings. The Balaban J connectivity index is 1.81. The molecule has 0 bridgehead atoms. The summed E-state index contributed by atoms with van der Waals surface area (Å²) in [5.74, 6) is 0.860. The normalized spacial score (nSPS) is 18.6. The number of aryl methyl sites for hydroxylation is 2. The highest BCUT2D eigenvalue weighted by Gasteiger charge is 2.32. The number of likely N-dealkylation sites (tertiary alicyclic amines) is 1. The number of hydrogen-bond acceptors (Lipinski definition) is 4. The van der Waals surface area contributed by atoms with Crippen molar-refractivity contribution in [3.8, 4) is 0 Å². The molecule has 0 radical (unpaired) electrons. The lowest BCUT2D eigenvalue weighted by Crippen LogP contribution is -2.39. The molecule has 1 aromatic rings. The third kappa shape index (κ3) is 4.81. The molecule has 0 aromatic carbocycles. The van der Waals surface area contributed by atoms with E-state index in [2.05, 4.69) is 31.2 Å². The zero-order valence-corrected chi connectivity index (χ0v) is 14.7. The van der Waals surface area contributed by atoms with Gasteiger partial charge in [0.05, 0.1) is 11.7 Å². The fourth-order valence-electron chi connectivity index (χ4n) is 2.99. The fraction of sp³-hybridized carbons (Fsp3) is 0.706. The number of carbonyl (C=O) groups is 2. The van der Waals surface area contributed by atoms with Crippen molar-refractivity contribution in [2.24, 2.45) is 5.41 Å². The SMILES string of the molecule is Cc1noc(C)c1CCC(=O)NC1CC(=O)N(CC(C)(C)C)C1. The van der Waals surface area contributed by atoms with E-state index in [1.165, 1.54) is 0 Å². The molecule has 128 valence electrons. The highest BCUT2D eigenvalue weighted by molar-refractivity contribution is 5.82. The molecular weight excluding hydrogens is 294 g/mol. The number of rotatable bonds is 5. The smallest absolute Gasteiger partial charge is 0.224 e. The van der Waals surface area contributed by atoms with Crippen molar-refractivity contribution in [2.45, 2.75) is 59.9 Å². The quantitative estimate of drug-likeness (QED) is 0.900. The van der Waals surface area contributed by atoms with E-state index in [0.717, 1.165) is 23.6 Å². The van der Waals surface area contributed by atoms with Crippen LogP contribution in [0.15, 0.2) is 4.52 Å². The van der Waals surface area contributed by atoms with Gasteiger partial charge in [0, 0.05) is 31.5 Å². The van der Waals surface area contributed by atoms with Gasteiger partial charge in [0.2, 0.25) is 11.8 Å². The van der Waals surface area contributed by atoms with Crippen LogP contribution in [0.3, 0.4) is 0 Å². The zero-order chi connectivity index (χ0) is 17.2. The lowest BCUT2D eigenvalue weighted by Gasteiger charge is -2.26. The first-order valence-electron chi connectivity index (χ1n) is 8.14. The number of amides is 2. The first kappa shape index (κ1) is 17.5. The maximum atomic E-state index is 12.1. The Morgan fingerprint density at radius 2 is 2.09 bits per heavy atom. The second-order valence-electron chi connectivity index (χ2n) is 7.61. The van der Waals surface area contributed by atoms with E-state index in [1.807, 2.05) is 18.7 Å². The van der Waals surface area contributed by atoms with Crippen LogP contribution in [0.1, 0.15) is 50.6 Å². The molecule has 1 saturated heterocycles. The van der Waals surface area contributed by atoms with E-state index in [4.69, 9.17) is 4.52 Å². The minimum atomic E-state index is -0.0815. The van der Waals surface area contributed by atoms with Crippen LogP contribution in [0.5, 0.6) is 0 Å². The maximum absolute atomic E-state index is 12.1. The van der Waals surface area contributed by atoms with E-state index >= 15 is 0 Å². The van der Waals surface area contributed by atoms with Crippen molar-refractivity contribution in [2.75, 3.05) is 13.1 Å². The van der Waals surface area contributed by atoms with Crippen molar-refractivity contribution < 1.29 is 14.1 Å². The molecule has 23 heavy (non-hydrogen) atoms. The molecule has 1 atom stereocenters. The average Bonchev–Trinajstić information content (AvgIpc) is 2.89. The molecule has 1 aliphatic heterocycles. The zero-order valence-electron chi connectivity index (χ0n) is 14.7. The standard InChI is InChI=1S/C17H27N3O3/c1-11-14(12(2)23-19-11)6-7-15(21)18-13-8-16(22)20(9-13)10-17(3,4)5/h13H,6-10H2,1-5H3,(H,18,21). The first-order valence-corrected chi connectivity index (χ1v) is 8.14. The third-order valence-electron chi connectivity index (χ3n) is 4.03. The Hall–Kier alpha value is -1.85. The number of hydrogen-bond donors (Lipinski definition) is 1. The van der Waals surface area contributed by atoms with Crippen LogP contribution >= 0.6 is 0 Å². The summed E-state index contributed by atoms with van der Waals surface area (Å²) in [7, 11) is 0. The number of nitrogens with one attached hydrogen (secondary N) is 1. The molecule has 2 rings (SSSR count). The van der Waals surface area contributed by atoms with E-state index in [9.17, 15) is 9.59 Å². The number of carbonyl (C=O) groups excluding carboxylic acids is 2. The van der Waals surface area contributed by atoms with Crippen molar-refractivity contribution >= 4 is 11.8 Å². The summed E-state index contributed by atoms with van der Waals surface area (Å²) >= 11 is 0. The summed E-state index contributed by atoms with van der Waals surface area (Å²) in [4.78, 5) is 26.0. The van der Waals surface area contributed by atoms with Gasteiger partial charge in [0.15, 0.2) is 0 Å². The summed E-state index contributed by atoms with van der Waals surface area (Å²) < 4.78 is 5.10. The largest absolute Gasteiger partial charge is 0.361 e. The Labute approximate surface area is 137 Å². The van der Waals surface area contributed by atoms with Gasteiger partial charge in [-0.1, -0.05) is 25.9 Å². The van der Waals surface area contributed by atoms with Gasteiger partial charge >= 0.3 is 0 Å². The van der Waals surface area contributed by atoms with Crippen molar-refractivity contribution in [1.82, 2.24) is 15.4 Å². The van der Waals surface area contributed by atoms with Crippen LogP contribution in [0.25, 0.3) is 0 Å². The van der Waals surface area contributed by atoms with Crippen molar-refractivity contribution in [3.05, 3.63) is 17.0 Å². The minimum Gasteiger partial charge on any atom is -0.361 e. The molecule has 6 nitrogen and oxygen atoms in total. The molecule has 1 unspecified atom stereocenters. The maximum Gasteiger partial charge on any atom is 0.224 e. The predicted molar refractivity (Wildman–Crippen MR) is 86.9 cm³/mol. The molecule has 0 aliphatic carbocycles. The van der Waals surface area contributed by atoms with Gasteiger partial charge in [-0.05, 0) is 25.7 Å². The average molecular weight is 321 g/mol. The van der Waals surface area contributed by atoms with Gasteiger partial charge in [-0.15, -0.1) is 0 Å². The summed E-state index contributed by atoms with van der Waals surface area (Å²) in [6.45, 7) is 11.4. The topological polar surface area (TPSA) is 75.4 Å². The van der Waals surface area contributed by atoms with Crippen molar-refractivity contribution in [3.63, 3.8) is 0 Å². The van der Waals surface area contributed by atoms with Gasteiger partial charge in [0.25, 0.3) is 0 Å². The number of nitrogens with zero attached hydrogens (tertiary/aromatic N) is 2. The van der Waals surface area contributed by atoms with E-state index in [1.54, 1.807) is 0 Å². The van der Waals surface area contributed by atoms with Crippen LogP contribution < -0.4 is 5.32 Å². The summed E-state index contributed by atoms with van der Waals surface area (Å²) in [6.07, 6.45) is 1.39. The minimum absolute atomic E-state index is 0.0274. The van der Waals surface area contributed by atoms with E-state index < -0.39 is 0 Å². The molecule has 1 aromatic heterocycles. The number of aromatic nitrogens is 1. The third-order valence-corrected chi connectivity index (χ3v) is 4.03. The second kappa shape index (κ2) is 6.72. The highest BCUT2D eigenvalue weighted by Crippen LogP contribution is 2.20. The van der Waals surface area contributed by atoms with Crippen molar-refractivity contribution in [1.29, 1.82) is 0 Å². The van der Waals surface area contributed by atoms with Crippen LogP contribution in [-0.4, -0.2) is 41.0 Å². The summed E-state index contributed by atoms with van der Waals surface area (Å²) in [5, 5.41) is 6.87. The molecule has 2 amide bonds. The van der Waals surface area contributed by atoms with Crippen LogP contribution in [0.2, 0.25) is 0 Å². The van der Waals surface area contributed by atoms with Gasteiger partial charge < -0.3 is 14.7 Å². The molecule has 1 N–H and O–H groups in total. The van der Waals surface area contributed by atoms with E-state index in [-0.39, 0.29) is 23.3 Å². The molecule has 2 heterocycles. The van der Waals surface area contributed by atoms with Crippen LogP contribution in [0, 0.1) is 19.3 Å².